The Bertz CT molecular complexity index is 1070. The van der Waals surface area contributed by atoms with Gasteiger partial charge in [0.05, 0.1) is 15.1 Å². The van der Waals surface area contributed by atoms with Crippen molar-refractivity contribution in [3.8, 4) is 0 Å². The molecule has 1 heterocycles. The van der Waals surface area contributed by atoms with E-state index in [4.69, 9.17) is 4.74 Å². The Morgan fingerprint density at radius 3 is 2.72 bits per heavy atom. The van der Waals surface area contributed by atoms with E-state index in [1.807, 2.05) is 6.92 Å². The minimum Gasteiger partial charge on any atom is -0.382 e. The molecule has 0 radical (unpaired) electrons. The number of aromatic nitrogens is 1. The molecule has 0 spiro atoms. The maximum absolute atomic E-state index is 12.4. The summed E-state index contributed by atoms with van der Waals surface area (Å²) < 4.78 is 33.3. The molecule has 0 aliphatic carbocycles. The Morgan fingerprint density at radius 1 is 1.17 bits per heavy atom. The third-order valence-electron chi connectivity index (χ3n) is 3.88. The first-order valence-corrected chi connectivity index (χ1v) is 11.4. The summed E-state index contributed by atoms with van der Waals surface area (Å²) in [7, 11) is -3.70. The molecule has 0 saturated carbocycles. The number of sulfonamides is 1. The van der Waals surface area contributed by atoms with Crippen LogP contribution in [-0.2, 0) is 14.8 Å². The van der Waals surface area contributed by atoms with Gasteiger partial charge in [-0.05, 0) is 43.7 Å². The molecular formula is C19H22N4O4S2. The van der Waals surface area contributed by atoms with E-state index in [9.17, 15) is 13.2 Å². The van der Waals surface area contributed by atoms with Gasteiger partial charge in [0.25, 0.3) is 10.0 Å². The Labute approximate surface area is 173 Å². The van der Waals surface area contributed by atoms with E-state index in [2.05, 4.69) is 20.3 Å². The first-order chi connectivity index (χ1) is 14.0. The fourth-order valence-corrected chi connectivity index (χ4v) is 4.68. The third-order valence-corrected chi connectivity index (χ3v) is 6.29. The SMILES string of the molecule is CCOCCCNC(=O)Nc1ccc2nc(NS(=O)(=O)c3ccccc3)sc2c1. The number of nitrogens with one attached hydrogen (secondary N) is 3. The van der Waals surface area contributed by atoms with Crippen LogP contribution in [0.2, 0.25) is 0 Å². The normalized spacial score (nSPS) is 11.3. The largest absolute Gasteiger partial charge is 0.382 e. The Morgan fingerprint density at radius 2 is 1.97 bits per heavy atom. The summed E-state index contributed by atoms with van der Waals surface area (Å²) >= 11 is 1.20. The predicted octanol–water partition coefficient (Wildman–Crippen LogP) is 3.65. The van der Waals surface area contributed by atoms with Gasteiger partial charge >= 0.3 is 6.03 Å². The second-order valence-electron chi connectivity index (χ2n) is 6.05. The molecule has 3 aromatic rings. The summed E-state index contributed by atoms with van der Waals surface area (Å²) in [5.41, 5.74) is 1.24. The van der Waals surface area contributed by atoms with Gasteiger partial charge in [-0.2, -0.15) is 0 Å². The molecule has 1 aromatic heterocycles. The summed E-state index contributed by atoms with van der Waals surface area (Å²) in [6.45, 7) is 3.70. The van der Waals surface area contributed by atoms with Crippen LogP contribution < -0.4 is 15.4 Å². The summed E-state index contributed by atoms with van der Waals surface area (Å²) in [4.78, 5) is 16.4. The number of urea groups is 1. The Balaban J connectivity index is 1.63. The molecule has 29 heavy (non-hydrogen) atoms. The third kappa shape index (κ3) is 5.89. The number of thiazole rings is 1. The number of carbonyl (C=O) groups is 1. The van der Waals surface area contributed by atoms with Crippen molar-refractivity contribution in [1.29, 1.82) is 0 Å². The van der Waals surface area contributed by atoms with Gasteiger partial charge in [-0.25, -0.2) is 18.2 Å². The maximum Gasteiger partial charge on any atom is 0.319 e. The van der Waals surface area contributed by atoms with Crippen molar-refractivity contribution in [2.75, 3.05) is 29.8 Å². The fraction of sp³-hybridized carbons (Fsp3) is 0.263. The average molecular weight is 435 g/mol. The molecule has 0 aliphatic heterocycles. The summed E-state index contributed by atoms with van der Waals surface area (Å²) in [5, 5.41) is 5.78. The van der Waals surface area contributed by atoms with Crippen LogP contribution in [0.25, 0.3) is 10.2 Å². The highest BCUT2D eigenvalue weighted by Gasteiger charge is 2.16. The van der Waals surface area contributed by atoms with Crippen LogP contribution in [-0.4, -0.2) is 39.2 Å². The van der Waals surface area contributed by atoms with E-state index in [1.165, 1.54) is 23.5 Å². The smallest absolute Gasteiger partial charge is 0.319 e. The highest BCUT2D eigenvalue weighted by Crippen LogP contribution is 2.29. The zero-order chi connectivity index (χ0) is 20.7. The van der Waals surface area contributed by atoms with Gasteiger partial charge in [0.15, 0.2) is 5.13 Å². The number of amides is 2. The molecule has 2 amide bonds. The highest BCUT2D eigenvalue weighted by atomic mass is 32.2. The second-order valence-corrected chi connectivity index (χ2v) is 8.76. The van der Waals surface area contributed by atoms with Crippen molar-refractivity contribution >= 4 is 48.4 Å². The average Bonchev–Trinajstić information content (AvgIpc) is 3.09. The number of fused-ring (bicyclic) bond motifs is 1. The van der Waals surface area contributed by atoms with E-state index in [1.54, 1.807) is 36.4 Å². The molecule has 3 N–H and O–H groups in total. The maximum atomic E-state index is 12.4. The van der Waals surface area contributed by atoms with Gasteiger partial charge in [0.1, 0.15) is 0 Å². The van der Waals surface area contributed by atoms with Crippen molar-refractivity contribution in [3.63, 3.8) is 0 Å². The summed E-state index contributed by atoms with van der Waals surface area (Å²) in [6, 6.07) is 13.0. The number of nitrogens with zero attached hydrogens (tertiary/aromatic N) is 1. The number of benzene rings is 2. The molecule has 0 bridgehead atoms. The van der Waals surface area contributed by atoms with Crippen molar-refractivity contribution in [3.05, 3.63) is 48.5 Å². The summed E-state index contributed by atoms with van der Waals surface area (Å²) in [6.07, 6.45) is 0.736. The van der Waals surface area contributed by atoms with Gasteiger partial charge in [0.2, 0.25) is 0 Å². The van der Waals surface area contributed by atoms with Crippen molar-refractivity contribution in [1.82, 2.24) is 10.3 Å². The standard InChI is InChI=1S/C19H22N4O4S2/c1-2-27-12-6-11-20-18(24)21-14-9-10-16-17(13-14)28-19(22-16)23-29(25,26)15-7-4-3-5-8-15/h3-5,7-10,13H,2,6,11-12H2,1H3,(H,22,23)(H2,20,21,24). The van der Waals surface area contributed by atoms with Gasteiger partial charge in [-0.1, -0.05) is 29.5 Å². The quantitative estimate of drug-likeness (QED) is 0.446. The molecular weight excluding hydrogens is 412 g/mol. The van der Waals surface area contributed by atoms with Crippen LogP contribution in [0.5, 0.6) is 0 Å². The van der Waals surface area contributed by atoms with Gasteiger partial charge in [0, 0.05) is 25.4 Å². The lowest BCUT2D eigenvalue weighted by Crippen LogP contribution is -2.30. The molecule has 8 nitrogen and oxygen atoms in total. The van der Waals surface area contributed by atoms with Gasteiger partial charge < -0.3 is 15.4 Å². The number of ether oxygens (including phenoxy) is 1. The van der Waals surface area contributed by atoms with Crippen molar-refractivity contribution in [2.24, 2.45) is 0 Å². The van der Waals surface area contributed by atoms with Gasteiger partial charge in [-0.15, -0.1) is 0 Å². The lowest BCUT2D eigenvalue weighted by Gasteiger charge is -2.07. The van der Waals surface area contributed by atoms with Crippen LogP contribution >= 0.6 is 11.3 Å². The number of rotatable bonds is 9. The van der Waals surface area contributed by atoms with Crippen molar-refractivity contribution < 1.29 is 17.9 Å². The van der Waals surface area contributed by atoms with Crippen LogP contribution in [0, 0.1) is 0 Å². The molecule has 0 unspecified atom stereocenters. The number of carbonyl (C=O) groups excluding carboxylic acids is 1. The van der Waals surface area contributed by atoms with E-state index in [-0.39, 0.29) is 16.1 Å². The van der Waals surface area contributed by atoms with E-state index >= 15 is 0 Å². The molecule has 0 fully saturated rings. The first-order valence-electron chi connectivity index (χ1n) is 9.09. The summed E-state index contributed by atoms with van der Waals surface area (Å²) in [5.74, 6) is 0. The Kier molecular flexibility index (Phi) is 7.02. The van der Waals surface area contributed by atoms with Crippen LogP contribution in [0.4, 0.5) is 15.6 Å². The van der Waals surface area contributed by atoms with Crippen LogP contribution in [0.15, 0.2) is 53.4 Å². The predicted molar refractivity (Wildman–Crippen MR) is 115 cm³/mol. The lowest BCUT2D eigenvalue weighted by molar-refractivity contribution is 0.145. The molecule has 10 heteroatoms. The van der Waals surface area contributed by atoms with Crippen LogP contribution in [0.1, 0.15) is 13.3 Å². The highest BCUT2D eigenvalue weighted by molar-refractivity contribution is 7.93. The molecule has 2 aromatic carbocycles. The number of hydrogen-bond acceptors (Lipinski definition) is 6. The minimum absolute atomic E-state index is 0.169. The number of anilines is 2. The van der Waals surface area contributed by atoms with Crippen LogP contribution in [0.3, 0.4) is 0 Å². The van der Waals surface area contributed by atoms with Gasteiger partial charge in [-0.3, -0.25) is 4.72 Å². The van der Waals surface area contributed by atoms with E-state index in [0.29, 0.717) is 31.0 Å². The molecule has 154 valence electrons. The minimum atomic E-state index is -3.70. The first kappa shape index (κ1) is 21.0. The second kappa shape index (κ2) is 9.68. The molecule has 0 aliphatic rings. The van der Waals surface area contributed by atoms with E-state index in [0.717, 1.165) is 11.1 Å². The molecule has 0 atom stereocenters. The number of hydrogen-bond donors (Lipinski definition) is 3. The van der Waals surface area contributed by atoms with Crippen molar-refractivity contribution in [2.45, 2.75) is 18.2 Å². The zero-order valence-electron chi connectivity index (χ0n) is 15.8. The monoisotopic (exact) mass is 434 g/mol. The van der Waals surface area contributed by atoms with E-state index < -0.39 is 10.0 Å². The fourth-order valence-electron chi connectivity index (χ4n) is 2.52. The zero-order valence-corrected chi connectivity index (χ0v) is 17.5. The Hall–Kier alpha value is -2.69. The lowest BCUT2D eigenvalue weighted by atomic mass is 10.3. The topological polar surface area (TPSA) is 109 Å². The molecule has 3 rings (SSSR count). The molecule has 0 saturated heterocycles.